The summed E-state index contributed by atoms with van der Waals surface area (Å²) in [4.78, 5) is 21.8. The van der Waals surface area contributed by atoms with E-state index in [2.05, 4.69) is 9.47 Å². The Balaban J connectivity index is 5.21. The van der Waals surface area contributed by atoms with E-state index in [1.807, 2.05) is 0 Å². The van der Waals surface area contributed by atoms with Crippen LogP contribution in [-0.2, 0) is 29.2 Å². The number of rotatable bonds is 5. The summed E-state index contributed by atoms with van der Waals surface area (Å²) in [5.74, 6) is -3.17. The minimum Gasteiger partial charge on any atom is -0.469 e. The lowest BCUT2D eigenvalue weighted by Crippen LogP contribution is -2.45. The molecule has 0 aliphatic heterocycles. The number of esters is 2. The maximum absolute atomic E-state index is 13.7. The van der Waals surface area contributed by atoms with Gasteiger partial charge in [-0.1, -0.05) is 0 Å². The number of hydrogen-bond acceptors (Lipinski definition) is 6. The van der Waals surface area contributed by atoms with E-state index in [0.29, 0.717) is 0 Å². The van der Waals surface area contributed by atoms with Gasteiger partial charge in [0.1, 0.15) is 6.42 Å². The second kappa shape index (κ2) is 5.21. The zero-order chi connectivity index (χ0) is 13.0. The Kier molecular flexibility index (Phi) is 4.81. The van der Waals surface area contributed by atoms with E-state index in [1.54, 1.807) is 0 Å². The van der Waals surface area contributed by atoms with Gasteiger partial charge in [-0.05, 0) is 6.92 Å². The molecule has 0 bridgehead atoms. The van der Waals surface area contributed by atoms with Crippen LogP contribution in [0.15, 0.2) is 0 Å². The highest BCUT2D eigenvalue weighted by atomic mass is 32.2. The van der Waals surface area contributed by atoms with E-state index in [4.69, 9.17) is 4.55 Å². The minimum absolute atomic E-state index is 0.304. The summed E-state index contributed by atoms with van der Waals surface area (Å²) in [7, 11) is -4.56. The molecule has 16 heavy (non-hydrogen) atoms. The first-order valence-electron chi connectivity index (χ1n) is 4.09. The molecule has 0 fully saturated rings. The van der Waals surface area contributed by atoms with Crippen molar-refractivity contribution in [1.29, 1.82) is 0 Å². The summed E-state index contributed by atoms with van der Waals surface area (Å²) in [5.41, 5.74) is 0. The van der Waals surface area contributed by atoms with Crippen molar-refractivity contribution in [2.45, 2.75) is 18.3 Å². The van der Waals surface area contributed by atoms with E-state index < -0.39 is 33.5 Å². The number of hydrogen-bond donors (Lipinski definition) is 1. The Morgan fingerprint density at radius 1 is 1.44 bits per heavy atom. The number of halogens is 1. The summed E-state index contributed by atoms with van der Waals surface area (Å²) < 4.78 is 51.8. The molecule has 9 heteroatoms. The summed E-state index contributed by atoms with van der Waals surface area (Å²) in [6, 6.07) is 0. The Morgan fingerprint density at radius 2 is 1.94 bits per heavy atom. The van der Waals surface area contributed by atoms with Crippen LogP contribution in [0.2, 0.25) is 0 Å². The van der Waals surface area contributed by atoms with Gasteiger partial charge in [-0.3, -0.25) is 9.35 Å². The minimum atomic E-state index is -5.43. The number of alkyl halides is 1. The molecule has 1 N–H and O–H groups in total. The number of ether oxygens (including phenoxy) is 2. The number of carbonyl (C=O) groups is 2. The fourth-order valence-electron chi connectivity index (χ4n) is 0.765. The van der Waals surface area contributed by atoms with E-state index in [-0.39, 0.29) is 6.61 Å². The van der Waals surface area contributed by atoms with Crippen molar-refractivity contribution in [3.8, 4) is 0 Å². The lowest BCUT2D eigenvalue weighted by Gasteiger charge is -2.18. The molecule has 1 unspecified atom stereocenters. The molecular formula is C7H11FO7S. The molecular weight excluding hydrogens is 247 g/mol. The zero-order valence-electron chi connectivity index (χ0n) is 8.60. The first kappa shape index (κ1) is 14.8. The monoisotopic (exact) mass is 258 g/mol. The predicted octanol–water partition coefficient (Wildman–Crippen LogP) is -0.334. The average molecular weight is 258 g/mol. The van der Waals surface area contributed by atoms with Crippen molar-refractivity contribution < 1.29 is 36.4 Å². The van der Waals surface area contributed by atoms with Crippen molar-refractivity contribution in [2.24, 2.45) is 0 Å². The van der Waals surface area contributed by atoms with Gasteiger partial charge >= 0.3 is 27.1 Å². The average Bonchev–Trinajstić information content (AvgIpc) is 2.16. The van der Waals surface area contributed by atoms with Crippen molar-refractivity contribution in [2.75, 3.05) is 13.7 Å². The van der Waals surface area contributed by atoms with Gasteiger partial charge in [0.25, 0.3) is 0 Å². The van der Waals surface area contributed by atoms with Crippen LogP contribution in [0.3, 0.4) is 0 Å². The van der Waals surface area contributed by atoms with Crippen LogP contribution in [0.4, 0.5) is 4.39 Å². The fraction of sp³-hybridized carbons (Fsp3) is 0.714. The van der Waals surface area contributed by atoms with E-state index in [1.165, 1.54) is 6.92 Å². The molecule has 0 radical (unpaired) electrons. The molecule has 0 aromatic rings. The van der Waals surface area contributed by atoms with Crippen LogP contribution in [0.25, 0.3) is 0 Å². The SMILES string of the molecule is CCOC(=O)C(F)(CC(=O)OC)S(=O)(=O)O. The largest absolute Gasteiger partial charge is 0.469 e. The van der Waals surface area contributed by atoms with Crippen molar-refractivity contribution in [3.05, 3.63) is 0 Å². The first-order valence-corrected chi connectivity index (χ1v) is 5.53. The molecule has 7 nitrogen and oxygen atoms in total. The summed E-state index contributed by atoms with van der Waals surface area (Å²) in [5, 5.41) is -3.84. The van der Waals surface area contributed by atoms with Gasteiger partial charge in [0.2, 0.25) is 0 Å². The Hall–Kier alpha value is -1.22. The molecule has 94 valence electrons. The molecule has 0 rings (SSSR count). The summed E-state index contributed by atoms with van der Waals surface area (Å²) in [6.45, 7) is 1.00. The fourth-order valence-corrected chi connectivity index (χ4v) is 1.34. The predicted molar refractivity (Wildman–Crippen MR) is 48.7 cm³/mol. The quantitative estimate of drug-likeness (QED) is 0.531. The van der Waals surface area contributed by atoms with Crippen LogP contribution < -0.4 is 0 Å². The summed E-state index contributed by atoms with van der Waals surface area (Å²) >= 11 is 0. The highest BCUT2D eigenvalue weighted by Crippen LogP contribution is 2.25. The molecule has 0 amide bonds. The van der Waals surface area contributed by atoms with Gasteiger partial charge < -0.3 is 9.47 Å². The van der Waals surface area contributed by atoms with Crippen LogP contribution >= 0.6 is 0 Å². The van der Waals surface area contributed by atoms with Crippen LogP contribution in [0, 0.1) is 0 Å². The molecule has 0 aromatic heterocycles. The highest BCUT2D eigenvalue weighted by Gasteiger charge is 2.54. The number of carbonyl (C=O) groups excluding carboxylic acids is 2. The van der Waals surface area contributed by atoms with E-state index in [0.717, 1.165) is 7.11 Å². The van der Waals surface area contributed by atoms with Crippen LogP contribution in [0.5, 0.6) is 0 Å². The Morgan fingerprint density at radius 3 is 2.25 bits per heavy atom. The topological polar surface area (TPSA) is 107 Å². The van der Waals surface area contributed by atoms with Gasteiger partial charge in [0.15, 0.2) is 0 Å². The molecule has 0 aliphatic carbocycles. The van der Waals surface area contributed by atoms with Gasteiger partial charge in [0.05, 0.1) is 13.7 Å². The highest BCUT2D eigenvalue weighted by molar-refractivity contribution is 7.87. The molecule has 1 atom stereocenters. The molecule has 0 saturated heterocycles. The molecule has 0 aliphatic rings. The third-order valence-electron chi connectivity index (χ3n) is 1.59. The molecule has 0 aromatic carbocycles. The smallest absolute Gasteiger partial charge is 0.363 e. The maximum Gasteiger partial charge on any atom is 0.363 e. The third-order valence-corrected chi connectivity index (χ3v) is 2.72. The third kappa shape index (κ3) is 3.14. The number of methoxy groups -OCH3 is 1. The Labute approximate surface area is 91.3 Å². The standard InChI is InChI=1S/C7H11FO7S/c1-3-15-6(10)7(8,16(11,12)13)4-5(9)14-2/h3-4H2,1-2H3,(H,11,12,13). The zero-order valence-corrected chi connectivity index (χ0v) is 9.41. The second-order valence-electron chi connectivity index (χ2n) is 2.68. The Bertz CT molecular complexity index is 376. The van der Waals surface area contributed by atoms with E-state index >= 15 is 0 Å². The molecule has 0 spiro atoms. The molecule has 0 heterocycles. The van der Waals surface area contributed by atoms with Crippen molar-refractivity contribution in [1.82, 2.24) is 0 Å². The first-order chi connectivity index (χ1) is 7.19. The van der Waals surface area contributed by atoms with Crippen molar-refractivity contribution >= 4 is 22.1 Å². The van der Waals surface area contributed by atoms with Gasteiger partial charge in [-0.25, -0.2) is 9.18 Å². The summed E-state index contributed by atoms with van der Waals surface area (Å²) in [6.07, 6.45) is -1.47. The van der Waals surface area contributed by atoms with Gasteiger partial charge in [-0.15, -0.1) is 0 Å². The normalized spacial score (nSPS) is 15.0. The van der Waals surface area contributed by atoms with Gasteiger partial charge in [0, 0.05) is 0 Å². The van der Waals surface area contributed by atoms with Crippen LogP contribution in [0.1, 0.15) is 13.3 Å². The van der Waals surface area contributed by atoms with Crippen LogP contribution in [-0.4, -0.2) is 43.6 Å². The van der Waals surface area contributed by atoms with E-state index in [9.17, 15) is 22.4 Å². The maximum atomic E-state index is 13.7. The van der Waals surface area contributed by atoms with Gasteiger partial charge in [-0.2, -0.15) is 8.42 Å². The lowest BCUT2D eigenvalue weighted by atomic mass is 10.3. The second-order valence-corrected chi connectivity index (χ2v) is 4.27. The molecule has 0 saturated carbocycles. The van der Waals surface area contributed by atoms with Crippen molar-refractivity contribution in [3.63, 3.8) is 0 Å². The lowest BCUT2D eigenvalue weighted by molar-refractivity contribution is -0.157.